The number of ether oxygens (including phenoxy) is 3. The predicted molar refractivity (Wildman–Crippen MR) is 166 cm³/mol. The van der Waals surface area contributed by atoms with Crippen molar-refractivity contribution < 1.29 is 23.0 Å². The van der Waals surface area contributed by atoms with Crippen LogP contribution in [0.15, 0.2) is 36.7 Å². The van der Waals surface area contributed by atoms with Crippen LogP contribution in [0.5, 0.6) is 17.2 Å². The standard InChI is InChI=1S/C33H42F2N6O3/c1-4-43-29-17-23(7-8-28(29)41-11-9-24(10-12-41)40-15-13-39(2)14-16-40)38-33-36-19-25(20-37-33)44-21-27-31(34)26(22-5-6-22)18-30(42-3)32(27)35/h7-8,17-20,22,24H,4-6,9-16,21H2,1-3H3,(H,36,37,38). The molecule has 3 fully saturated rings. The molecule has 2 aromatic carbocycles. The van der Waals surface area contributed by atoms with Crippen molar-refractivity contribution in [3.05, 3.63) is 59.4 Å². The van der Waals surface area contributed by atoms with Crippen LogP contribution in [0.3, 0.4) is 0 Å². The zero-order valence-corrected chi connectivity index (χ0v) is 25.8. The Morgan fingerprint density at radius 3 is 2.27 bits per heavy atom. The lowest BCUT2D eigenvalue weighted by Crippen LogP contribution is -2.52. The molecule has 9 nitrogen and oxygen atoms in total. The number of nitrogens with zero attached hydrogens (tertiary/aromatic N) is 5. The fourth-order valence-electron chi connectivity index (χ4n) is 6.18. The predicted octanol–water partition coefficient (Wildman–Crippen LogP) is 5.58. The molecule has 0 spiro atoms. The molecule has 0 amide bonds. The third kappa shape index (κ3) is 6.83. The van der Waals surface area contributed by atoms with Crippen LogP contribution < -0.4 is 24.4 Å². The van der Waals surface area contributed by atoms with Crippen molar-refractivity contribution in [2.24, 2.45) is 0 Å². The lowest BCUT2D eigenvalue weighted by molar-refractivity contribution is 0.0981. The Kier molecular flexibility index (Phi) is 9.32. The van der Waals surface area contributed by atoms with Gasteiger partial charge in [-0.2, -0.15) is 0 Å². The topological polar surface area (TPSA) is 75.2 Å². The number of benzene rings is 2. The second kappa shape index (κ2) is 13.5. The largest absolute Gasteiger partial charge is 0.494 e. The van der Waals surface area contributed by atoms with Gasteiger partial charge in [-0.05, 0) is 69.3 Å². The molecular weight excluding hydrogens is 566 g/mol. The molecule has 6 rings (SSSR count). The van der Waals surface area contributed by atoms with Gasteiger partial charge in [0.25, 0.3) is 0 Å². The van der Waals surface area contributed by atoms with Crippen LogP contribution in [0, 0.1) is 11.6 Å². The molecule has 236 valence electrons. The molecule has 11 heteroatoms. The molecule has 3 aromatic rings. The van der Waals surface area contributed by atoms with Crippen LogP contribution >= 0.6 is 0 Å². The Balaban J connectivity index is 1.07. The minimum absolute atomic E-state index is 0.0234. The molecule has 0 radical (unpaired) electrons. The van der Waals surface area contributed by atoms with Crippen molar-refractivity contribution in [2.75, 3.05) is 70.2 Å². The van der Waals surface area contributed by atoms with E-state index >= 15 is 4.39 Å². The highest BCUT2D eigenvalue weighted by atomic mass is 19.1. The molecule has 3 heterocycles. The Labute approximate surface area is 258 Å². The molecule has 3 aliphatic rings. The number of nitrogens with one attached hydrogen (secondary N) is 1. The van der Waals surface area contributed by atoms with E-state index in [9.17, 15) is 4.39 Å². The molecule has 0 bridgehead atoms. The van der Waals surface area contributed by atoms with Gasteiger partial charge in [-0.25, -0.2) is 18.7 Å². The average molecular weight is 609 g/mol. The van der Waals surface area contributed by atoms with Crippen LogP contribution in [0.1, 0.15) is 49.7 Å². The van der Waals surface area contributed by atoms with E-state index in [4.69, 9.17) is 14.2 Å². The van der Waals surface area contributed by atoms with Gasteiger partial charge < -0.3 is 29.3 Å². The van der Waals surface area contributed by atoms with Crippen molar-refractivity contribution in [3.8, 4) is 17.2 Å². The monoisotopic (exact) mass is 608 g/mol. The second-order valence-electron chi connectivity index (χ2n) is 11.9. The fraction of sp³-hybridized carbons (Fsp3) is 0.515. The number of piperidine rings is 1. The van der Waals surface area contributed by atoms with Crippen molar-refractivity contribution in [2.45, 2.75) is 51.2 Å². The van der Waals surface area contributed by atoms with E-state index in [1.165, 1.54) is 25.6 Å². The summed E-state index contributed by atoms with van der Waals surface area (Å²) in [5.41, 5.74) is 2.22. The van der Waals surface area contributed by atoms with Gasteiger partial charge in [-0.1, -0.05) is 0 Å². The maximum atomic E-state index is 15.1. The SMILES string of the molecule is CCOc1cc(Nc2ncc(OCc3c(F)c(OC)cc(C4CC4)c3F)cn2)ccc1N1CCC(N2CCN(C)CC2)CC1. The summed E-state index contributed by atoms with van der Waals surface area (Å²) < 4.78 is 46.8. The molecule has 2 aliphatic heterocycles. The first-order valence-corrected chi connectivity index (χ1v) is 15.6. The fourth-order valence-corrected chi connectivity index (χ4v) is 6.18. The van der Waals surface area contributed by atoms with Gasteiger partial charge in [0.05, 0.1) is 37.4 Å². The lowest BCUT2D eigenvalue weighted by Gasteiger charge is -2.42. The number of rotatable bonds is 11. The van der Waals surface area contributed by atoms with Gasteiger partial charge in [-0.3, -0.25) is 4.90 Å². The van der Waals surface area contributed by atoms with E-state index in [-0.39, 0.29) is 23.8 Å². The lowest BCUT2D eigenvalue weighted by atomic mass is 10.0. The summed E-state index contributed by atoms with van der Waals surface area (Å²) in [7, 11) is 3.57. The van der Waals surface area contributed by atoms with Gasteiger partial charge in [0.15, 0.2) is 17.3 Å². The van der Waals surface area contributed by atoms with E-state index in [2.05, 4.69) is 43.1 Å². The van der Waals surface area contributed by atoms with Gasteiger partial charge in [0, 0.05) is 57.1 Å². The van der Waals surface area contributed by atoms with Crippen molar-refractivity contribution in [1.82, 2.24) is 19.8 Å². The number of anilines is 3. The number of piperazine rings is 1. The average Bonchev–Trinajstić information content (AvgIpc) is 3.88. The maximum Gasteiger partial charge on any atom is 0.227 e. The highest BCUT2D eigenvalue weighted by Crippen LogP contribution is 2.44. The first kappa shape index (κ1) is 30.3. The first-order valence-electron chi connectivity index (χ1n) is 15.6. The highest BCUT2D eigenvalue weighted by molar-refractivity contribution is 5.67. The normalized spacial score (nSPS) is 18.3. The third-order valence-corrected chi connectivity index (χ3v) is 8.91. The van der Waals surface area contributed by atoms with Crippen LogP contribution in [0.4, 0.5) is 26.1 Å². The smallest absolute Gasteiger partial charge is 0.227 e. The Hall–Kier alpha value is -3.70. The summed E-state index contributed by atoms with van der Waals surface area (Å²) in [6.07, 6.45) is 7.04. The molecule has 1 N–H and O–H groups in total. The summed E-state index contributed by atoms with van der Waals surface area (Å²) in [6, 6.07) is 8.17. The minimum Gasteiger partial charge on any atom is -0.494 e. The van der Waals surface area contributed by atoms with Crippen LogP contribution in [-0.2, 0) is 6.61 Å². The van der Waals surface area contributed by atoms with Crippen LogP contribution in [-0.4, -0.2) is 85.8 Å². The quantitative estimate of drug-likeness (QED) is 0.300. The zero-order chi connectivity index (χ0) is 30.6. The summed E-state index contributed by atoms with van der Waals surface area (Å²) >= 11 is 0. The summed E-state index contributed by atoms with van der Waals surface area (Å²) in [5, 5.41) is 3.22. The molecular formula is C33H42F2N6O3. The van der Waals surface area contributed by atoms with Gasteiger partial charge in [-0.15, -0.1) is 0 Å². The van der Waals surface area contributed by atoms with Gasteiger partial charge in [0.2, 0.25) is 5.95 Å². The minimum atomic E-state index is -0.749. The number of hydrogen-bond donors (Lipinski definition) is 1. The Morgan fingerprint density at radius 2 is 1.61 bits per heavy atom. The highest BCUT2D eigenvalue weighted by Gasteiger charge is 2.31. The molecule has 1 aliphatic carbocycles. The summed E-state index contributed by atoms with van der Waals surface area (Å²) in [4.78, 5) is 16.2. The first-order chi connectivity index (χ1) is 21.4. The number of aromatic nitrogens is 2. The van der Waals surface area contributed by atoms with E-state index in [0.717, 1.165) is 82.1 Å². The molecule has 1 aromatic heterocycles. The van der Waals surface area contributed by atoms with Crippen LogP contribution in [0.25, 0.3) is 0 Å². The molecule has 0 atom stereocenters. The van der Waals surface area contributed by atoms with E-state index in [1.54, 1.807) is 0 Å². The van der Waals surface area contributed by atoms with Crippen molar-refractivity contribution in [3.63, 3.8) is 0 Å². The van der Waals surface area contributed by atoms with Gasteiger partial charge >= 0.3 is 0 Å². The number of halogens is 2. The van der Waals surface area contributed by atoms with Crippen molar-refractivity contribution >= 4 is 17.3 Å². The van der Waals surface area contributed by atoms with Crippen LogP contribution in [0.2, 0.25) is 0 Å². The molecule has 0 unspecified atom stereocenters. The van der Waals surface area contributed by atoms with Crippen molar-refractivity contribution in [1.29, 1.82) is 0 Å². The third-order valence-electron chi connectivity index (χ3n) is 8.91. The van der Waals surface area contributed by atoms with E-state index < -0.39 is 11.6 Å². The molecule has 44 heavy (non-hydrogen) atoms. The number of hydrogen-bond acceptors (Lipinski definition) is 9. The van der Waals surface area contributed by atoms with Gasteiger partial charge in [0.1, 0.15) is 18.2 Å². The number of methoxy groups -OCH3 is 1. The van der Waals surface area contributed by atoms with E-state index in [0.29, 0.717) is 29.9 Å². The summed E-state index contributed by atoms with van der Waals surface area (Å²) in [6.45, 7) is 8.86. The number of likely N-dealkylation sites (N-methyl/N-ethyl adjacent to an activating group) is 1. The van der Waals surface area contributed by atoms with E-state index in [1.807, 2.05) is 19.1 Å². The molecule has 1 saturated carbocycles. The molecule has 2 saturated heterocycles. The Bertz CT molecular complexity index is 1420. The zero-order valence-electron chi connectivity index (χ0n) is 25.8. The summed E-state index contributed by atoms with van der Waals surface area (Å²) in [5.74, 6) is 0.303. The second-order valence-corrected chi connectivity index (χ2v) is 11.9. The Morgan fingerprint density at radius 1 is 0.886 bits per heavy atom. The maximum absolute atomic E-state index is 15.1.